The number of hydrogen-bond donors (Lipinski definition) is 1. The van der Waals surface area contributed by atoms with E-state index in [9.17, 15) is 4.79 Å². The first-order chi connectivity index (χ1) is 10.9. The van der Waals surface area contributed by atoms with Crippen molar-refractivity contribution in [1.82, 2.24) is 0 Å². The third-order valence-corrected chi connectivity index (χ3v) is 5.03. The Morgan fingerprint density at radius 2 is 1.87 bits per heavy atom. The van der Waals surface area contributed by atoms with Crippen LogP contribution in [0.15, 0.2) is 56.6 Å². The van der Waals surface area contributed by atoms with Crippen LogP contribution in [0.3, 0.4) is 0 Å². The van der Waals surface area contributed by atoms with E-state index in [1.54, 1.807) is 23.1 Å². The van der Waals surface area contributed by atoms with Crippen LogP contribution in [0.4, 0.5) is 5.69 Å². The molecular formula is C17H13BrCl2INO. The van der Waals surface area contributed by atoms with Crippen molar-refractivity contribution in [2.24, 2.45) is 0 Å². The number of hydrogen-bond acceptors (Lipinski definition) is 2. The van der Waals surface area contributed by atoms with Gasteiger partial charge >= 0.3 is 0 Å². The van der Waals surface area contributed by atoms with Crippen molar-refractivity contribution in [2.75, 3.05) is 5.32 Å². The third-order valence-electron chi connectivity index (χ3n) is 3.26. The van der Waals surface area contributed by atoms with Crippen LogP contribution in [-0.2, 0) is 4.79 Å². The van der Waals surface area contributed by atoms with Crippen LogP contribution >= 0.6 is 61.7 Å². The summed E-state index contributed by atoms with van der Waals surface area (Å²) in [5.41, 5.74) is 2.33. The SMILES string of the molecule is CC(=O)/C(=C/I)C(Nc1ccc(Br)cc1)c1ccc(Cl)cc1Cl. The number of ketones is 1. The van der Waals surface area contributed by atoms with E-state index in [-0.39, 0.29) is 11.8 Å². The number of anilines is 1. The van der Waals surface area contributed by atoms with Crippen LogP contribution in [0.1, 0.15) is 18.5 Å². The number of Topliss-reactive ketones (excluding diaryl/α,β-unsaturated/α-hetero) is 1. The number of nitrogens with one attached hydrogen (secondary N) is 1. The maximum absolute atomic E-state index is 12.0. The van der Waals surface area contributed by atoms with Gasteiger partial charge in [0.1, 0.15) is 0 Å². The molecule has 23 heavy (non-hydrogen) atoms. The van der Waals surface area contributed by atoms with Crippen LogP contribution < -0.4 is 5.32 Å². The highest BCUT2D eigenvalue weighted by atomic mass is 127. The number of carbonyl (C=O) groups is 1. The van der Waals surface area contributed by atoms with Crippen molar-refractivity contribution >= 4 is 73.2 Å². The van der Waals surface area contributed by atoms with Crippen molar-refractivity contribution in [3.05, 3.63) is 72.2 Å². The Bertz CT molecular complexity index is 747. The van der Waals surface area contributed by atoms with Crippen LogP contribution in [0.25, 0.3) is 0 Å². The van der Waals surface area contributed by atoms with E-state index in [0.29, 0.717) is 15.6 Å². The molecular weight excluding hydrogens is 512 g/mol. The van der Waals surface area contributed by atoms with Gasteiger partial charge in [-0.25, -0.2) is 0 Å². The normalized spacial score (nSPS) is 12.8. The van der Waals surface area contributed by atoms with E-state index in [1.165, 1.54) is 0 Å². The molecule has 0 aromatic heterocycles. The second-order valence-corrected chi connectivity index (χ2v) is 7.25. The zero-order chi connectivity index (χ0) is 17.0. The fourth-order valence-electron chi connectivity index (χ4n) is 2.11. The minimum atomic E-state index is -0.352. The largest absolute Gasteiger partial charge is 0.374 e. The minimum absolute atomic E-state index is 0.0139. The van der Waals surface area contributed by atoms with Gasteiger partial charge in [0.05, 0.1) is 6.04 Å². The van der Waals surface area contributed by atoms with Crippen molar-refractivity contribution in [1.29, 1.82) is 0 Å². The first-order valence-electron chi connectivity index (χ1n) is 6.70. The Balaban J connectivity index is 2.47. The summed E-state index contributed by atoms with van der Waals surface area (Å²) in [6.07, 6.45) is 0. The number of rotatable bonds is 5. The molecule has 0 aliphatic heterocycles. The summed E-state index contributed by atoms with van der Waals surface area (Å²) in [5.74, 6) is -0.0139. The summed E-state index contributed by atoms with van der Waals surface area (Å²) in [6.45, 7) is 1.55. The van der Waals surface area contributed by atoms with Gasteiger partial charge in [0, 0.05) is 25.8 Å². The second kappa shape index (κ2) is 8.51. The molecule has 0 amide bonds. The highest BCUT2D eigenvalue weighted by Crippen LogP contribution is 2.34. The van der Waals surface area contributed by atoms with E-state index in [0.717, 1.165) is 15.7 Å². The summed E-state index contributed by atoms with van der Waals surface area (Å²) in [5, 5.41) is 4.45. The molecule has 2 aromatic carbocycles. The van der Waals surface area contributed by atoms with E-state index >= 15 is 0 Å². The highest BCUT2D eigenvalue weighted by Gasteiger charge is 2.22. The zero-order valence-corrected chi connectivity index (χ0v) is 17.4. The van der Waals surface area contributed by atoms with Crippen LogP contribution in [0, 0.1) is 0 Å². The van der Waals surface area contributed by atoms with Gasteiger partial charge in [-0.2, -0.15) is 0 Å². The summed E-state index contributed by atoms with van der Waals surface area (Å²) in [6, 6.07) is 12.7. The molecule has 0 aliphatic carbocycles. The molecule has 0 bridgehead atoms. The van der Waals surface area contributed by atoms with Gasteiger partial charge in [0.15, 0.2) is 5.78 Å². The van der Waals surface area contributed by atoms with Crippen molar-refractivity contribution < 1.29 is 4.79 Å². The lowest BCUT2D eigenvalue weighted by atomic mass is 9.97. The lowest BCUT2D eigenvalue weighted by Crippen LogP contribution is -2.18. The molecule has 2 aromatic rings. The molecule has 2 nitrogen and oxygen atoms in total. The molecule has 0 aliphatic rings. The van der Waals surface area contributed by atoms with Gasteiger partial charge in [-0.3, -0.25) is 4.79 Å². The summed E-state index contributed by atoms with van der Waals surface area (Å²) < 4.78 is 2.77. The molecule has 0 saturated carbocycles. The van der Waals surface area contributed by atoms with Crippen LogP contribution in [-0.4, -0.2) is 5.78 Å². The van der Waals surface area contributed by atoms with Gasteiger partial charge in [-0.1, -0.05) is 67.8 Å². The van der Waals surface area contributed by atoms with Crippen molar-refractivity contribution in [3.8, 4) is 0 Å². The molecule has 1 atom stereocenters. The topological polar surface area (TPSA) is 29.1 Å². The lowest BCUT2D eigenvalue weighted by molar-refractivity contribution is -0.113. The summed E-state index contributed by atoms with van der Waals surface area (Å²) >= 11 is 17.8. The molecule has 2 rings (SSSR count). The monoisotopic (exact) mass is 523 g/mol. The third kappa shape index (κ3) is 4.95. The summed E-state index contributed by atoms with van der Waals surface area (Å²) in [7, 11) is 0. The van der Waals surface area contributed by atoms with E-state index in [2.05, 4.69) is 43.8 Å². The van der Waals surface area contributed by atoms with Gasteiger partial charge in [0.2, 0.25) is 0 Å². The average Bonchev–Trinajstić information content (AvgIpc) is 2.49. The Kier molecular flexibility index (Phi) is 6.95. The molecule has 120 valence electrons. The number of carbonyl (C=O) groups excluding carboxylic acids is 1. The average molecular weight is 525 g/mol. The maximum Gasteiger partial charge on any atom is 0.158 e. The fraction of sp³-hybridized carbons (Fsp3) is 0.118. The number of benzene rings is 2. The Morgan fingerprint density at radius 3 is 2.39 bits per heavy atom. The lowest BCUT2D eigenvalue weighted by Gasteiger charge is -2.23. The molecule has 6 heteroatoms. The molecule has 0 heterocycles. The van der Waals surface area contributed by atoms with Crippen molar-refractivity contribution in [2.45, 2.75) is 13.0 Å². The van der Waals surface area contributed by atoms with Crippen LogP contribution in [0.5, 0.6) is 0 Å². The van der Waals surface area contributed by atoms with E-state index in [1.807, 2.05) is 30.3 Å². The van der Waals surface area contributed by atoms with Gasteiger partial charge in [-0.15, -0.1) is 0 Å². The molecule has 1 N–H and O–H groups in total. The quantitative estimate of drug-likeness (QED) is 0.343. The predicted octanol–water partition coefficient (Wildman–Crippen LogP) is 6.82. The smallest absolute Gasteiger partial charge is 0.158 e. The van der Waals surface area contributed by atoms with E-state index < -0.39 is 0 Å². The minimum Gasteiger partial charge on any atom is -0.374 e. The molecule has 0 fully saturated rings. The Morgan fingerprint density at radius 1 is 1.22 bits per heavy atom. The standard InChI is InChI=1S/C17H13BrCl2INO/c1-10(23)15(9-21)17(14-7-4-12(19)8-16(14)20)22-13-5-2-11(18)3-6-13/h2-9,17,22H,1H3/b15-9-. The first kappa shape index (κ1) is 18.8. The summed E-state index contributed by atoms with van der Waals surface area (Å²) in [4.78, 5) is 12.0. The molecule has 0 radical (unpaired) electrons. The highest BCUT2D eigenvalue weighted by molar-refractivity contribution is 14.1. The van der Waals surface area contributed by atoms with E-state index in [4.69, 9.17) is 23.2 Å². The maximum atomic E-state index is 12.0. The predicted molar refractivity (Wildman–Crippen MR) is 110 cm³/mol. The molecule has 0 spiro atoms. The van der Waals surface area contributed by atoms with Gasteiger partial charge in [0.25, 0.3) is 0 Å². The molecule has 1 unspecified atom stereocenters. The number of halogens is 4. The van der Waals surface area contributed by atoms with Gasteiger partial charge in [-0.05, 0) is 53.0 Å². The molecule has 0 saturated heterocycles. The second-order valence-electron chi connectivity index (χ2n) is 4.87. The van der Waals surface area contributed by atoms with Crippen molar-refractivity contribution in [3.63, 3.8) is 0 Å². The van der Waals surface area contributed by atoms with Gasteiger partial charge < -0.3 is 5.32 Å². The first-order valence-corrected chi connectivity index (χ1v) is 9.50. The zero-order valence-electron chi connectivity index (χ0n) is 12.1. The van der Waals surface area contributed by atoms with Crippen LogP contribution in [0.2, 0.25) is 10.0 Å². The fourth-order valence-corrected chi connectivity index (χ4v) is 3.69. The Labute approximate surface area is 167 Å². The Hall–Kier alpha value is -0.560.